The molecule has 2 aliphatic rings. The van der Waals surface area contributed by atoms with Crippen LogP contribution >= 0.6 is 0 Å². The molecule has 35 heavy (non-hydrogen) atoms. The third kappa shape index (κ3) is 4.75. The number of nitrogens with one attached hydrogen (secondary N) is 1. The van der Waals surface area contributed by atoms with E-state index in [-0.39, 0.29) is 35.1 Å². The number of rotatable bonds is 7. The summed E-state index contributed by atoms with van der Waals surface area (Å²) >= 11 is 0. The number of methoxy groups -OCH3 is 2. The Bertz CT molecular complexity index is 1190. The Balaban J connectivity index is 1.36. The van der Waals surface area contributed by atoms with Gasteiger partial charge in [0.05, 0.1) is 43.0 Å². The molecular formula is C26H26N2O7. The largest absolute Gasteiger partial charge is 0.497 e. The van der Waals surface area contributed by atoms with Crippen LogP contribution in [-0.4, -0.2) is 44.5 Å². The number of carbonyl (C=O) groups is 4. The first kappa shape index (κ1) is 24.0. The minimum Gasteiger partial charge on any atom is -0.497 e. The molecule has 0 unspecified atom stereocenters. The van der Waals surface area contributed by atoms with E-state index >= 15 is 0 Å². The Labute approximate surface area is 202 Å². The zero-order valence-corrected chi connectivity index (χ0v) is 19.6. The van der Waals surface area contributed by atoms with Crippen LogP contribution in [0.5, 0.6) is 11.5 Å². The maximum absolute atomic E-state index is 12.9. The zero-order chi connectivity index (χ0) is 25.1. The first-order chi connectivity index (χ1) is 16.8. The van der Waals surface area contributed by atoms with Gasteiger partial charge in [0, 0.05) is 6.07 Å². The molecule has 1 aliphatic heterocycles. The Kier molecular flexibility index (Phi) is 6.86. The Morgan fingerprint density at radius 3 is 2.43 bits per heavy atom. The molecule has 2 aromatic rings. The van der Waals surface area contributed by atoms with Crippen molar-refractivity contribution >= 4 is 35.1 Å². The molecule has 1 heterocycles. The lowest BCUT2D eigenvalue weighted by Crippen LogP contribution is -2.31. The fourth-order valence-corrected chi connectivity index (χ4v) is 4.45. The molecule has 9 nitrogen and oxygen atoms in total. The molecule has 1 saturated heterocycles. The summed E-state index contributed by atoms with van der Waals surface area (Å²) in [4.78, 5) is 51.6. The van der Waals surface area contributed by atoms with Gasteiger partial charge in [-0.25, -0.2) is 4.79 Å². The van der Waals surface area contributed by atoms with Crippen molar-refractivity contribution in [3.63, 3.8) is 0 Å². The molecule has 9 heteroatoms. The van der Waals surface area contributed by atoms with Gasteiger partial charge in [-0.2, -0.15) is 0 Å². The molecule has 0 saturated carbocycles. The van der Waals surface area contributed by atoms with Crippen LogP contribution in [0.4, 0.5) is 11.4 Å². The van der Waals surface area contributed by atoms with Gasteiger partial charge in [-0.1, -0.05) is 19.1 Å². The molecule has 0 radical (unpaired) electrons. The van der Waals surface area contributed by atoms with Crippen molar-refractivity contribution in [2.24, 2.45) is 17.8 Å². The summed E-state index contributed by atoms with van der Waals surface area (Å²) in [6, 6.07) is 10.9. The number of allylic oxidation sites excluding steroid dienone is 2. The van der Waals surface area contributed by atoms with Crippen LogP contribution in [0.25, 0.3) is 0 Å². The summed E-state index contributed by atoms with van der Waals surface area (Å²) in [6.45, 7) is 1.43. The summed E-state index contributed by atoms with van der Waals surface area (Å²) in [6.07, 6.45) is 4.46. The molecule has 0 bridgehead atoms. The summed E-state index contributed by atoms with van der Waals surface area (Å²) in [5.74, 6) is -1.46. The number of fused-ring (bicyclic) bond motifs is 1. The van der Waals surface area contributed by atoms with E-state index in [0.717, 1.165) is 0 Å². The highest BCUT2D eigenvalue weighted by Crippen LogP contribution is 2.40. The standard InChI is InChI=1S/C26H26N2O7/c1-15-5-4-6-19-23(15)25(31)28(24(19)30)17-9-7-16(8-10-17)26(32)35-14-22(29)27-20-12-11-18(33-2)13-21(20)34-3/h4-5,7-13,15,19,23H,6,14H2,1-3H3,(H,27,29)/t15-,19+,23-/m0/s1. The monoisotopic (exact) mass is 478 g/mol. The van der Waals surface area contributed by atoms with Crippen LogP contribution in [0.1, 0.15) is 23.7 Å². The van der Waals surface area contributed by atoms with Crippen molar-refractivity contribution in [3.8, 4) is 11.5 Å². The average Bonchev–Trinajstić information content (AvgIpc) is 3.13. The van der Waals surface area contributed by atoms with Crippen LogP contribution in [0.15, 0.2) is 54.6 Å². The van der Waals surface area contributed by atoms with Gasteiger partial charge in [0.1, 0.15) is 11.5 Å². The predicted molar refractivity (Wildman–Crippen MR) is 127 cm³/mol. The number of esters is 1. The fraction of sp³-hybridized carbons (Fsp3) is 0.308. The molecule has 4 rings (SSSR count). The number of amides is 3. The van der Waals surface area contributed by atoms with E-state index in [4.69, 9.17) is 14.2 Å². The van der Waals surface area contributed by atoms with Crippen molar-refractivity contribution < 1.29 is 33.4 Å². The summed E-state index contributed by atoms with van der Waals surface area (Å²) in [7, 11) is 2.98. The second-order valence-electron chi connectivity index (χ2n) is 8.40. The van der Waals surface area contributed by atoms with Gasteiger partial charge in [-0.15, -0.1) is 0 Å². The maximum Gasteiger partial charge on any atom is 0.338 e. The second kappa shape index (κ2) is 10.0. The van der Waals surface area contributed by atoms with Gasteiger partial charge < -0.3 is 19.5 Å². The van der Waals surface area contributed by atoms with E-state index < -0.39 is 18.5 Å². The van der Waals surface area contributed by atoms with Crippen molar-refractivity contribution in [1.82, 2.24) is 0 Å². The fourth-order valence-electron chi connectivity index (χ4n) is 4.45. The van der Waals surface area contributed by atoms with Gasteiger partial charge >= 0.3 is 5.97 Å². The number of anilines is 2. The lowest BCUT2D eigenvalue weighted by atomic mass is 9.78. The minimum absolute atomic E-state index is 0.00604. The maximum atomic E-state index is 12.9. The molecule has 182 valence electrons. The van der Waals surface area contributed by atoms with Gasteiger partial charge in [0.2, 0.25) is 11.8 Å². The predicted octanol–water partition coefficient (Wildman–Crippen LogP) is 3.20. The highest BCUT2D eigenvalue weighted by molar-refractivity contribution is 6.22. The second-order valence-corrected chi connectivity index (χ2v) is 8.40. The number of nitrogens with zero attached hydrogens (tertiary/aromatic N) is 1. The van der Waals surface area contributed by atoms with Crippen molar-refractivity contribution in [3.05, 3.63) is 60.2 Å². The quantitative estimate of drug-likeness (QED) is 0.370. The Morgan fingerprint density at radius 1 is 1.03 bits per heavy atom. The molecule has 3 amide bonds. The molecule has 2 aromatic carbocycles. The topological polar surface area (TPSA) is 111 Å². The number of benzene rings is 2. The lowest BCUT2D eigenvalue weighted by molar-refractivity contribution is -0.123. The number of imide groups is 1. The van der Waals surface area contributed by atoms with Crippen LogP contribution < -0.4 is 19.7 Å². The number of ether oxygens (including phenoxy) is 3. The zero-order valence-electron chi connectivity index (χ0n) is 19.6. The molecule has 1 fully saturated rings. The van der Waals surface area contributed by atoms with Crippen molar-refractivity contribution in [1.29, 1.82) is 0 Å². The van der Waals surface area contributed by atoms with Crippen LogP contribution in [0.2, 0.25) is 0 Å². The van der Waals surface area contributed by atoms with E-state index in [1.807, 2.05) is 19.1 Å². The summed E-state index contributed by atoms with van der Waals surface area (Å²) in [5, 5.41) is 2.62. The Morgan fingerprint density at radius 2 is 1.77 bits per heavy atom. The summed E-state index contributed by atoms with van der Waals surface area (Å²) in [5.41, 5.74) is 1.00. The van der Waals surface area contributed by atoms with Crippen LogP contribution in [0.3, 0.4) is 0 Å². The van der Waals surface area contributed by atoms with Gasteiger partial charge in [0.25, 0.3) is 5.91 Å². The number of hydrogen-bond acceptors (Lipinski definition) is 7. The van der Waals surface area contributed by atoms with Crippen LogP contribution in [0, 0.1) is 17.8 Å². The molecular weight excluding hydrogens is 452 g/mol. The van der Waals surface area contributed by atoms with E-state index in [1.165, 1.54) is 43.4 Å². The highest BCUT2D eigenvalue weighted by Gasteiger charge is 2.50. The van der Waals surface area contributed by atoms with Crippen molar-refractivity contribution in [2.45, 2.75) is 13.3 Å². The van der Waals surface area contributed by atoms with Crippen molar-refractivity contribution in [2.75, 3.05) is 31.0 Å². The normalized spacial score (nSPS) is 20.9. The SMILES string of the molecule is COc1ccc(NC(=O)COC(=O)c2ccc(N3C(=O)[C@H]4[C@@H](C)C=CC[C@H]4C3=O)cc2)c(OC)c1. The molecule has 1 N–H and O–H groups in total. The summed E-state index contributed by atoms with van der Waals surface area (Å²) < 4.78 is 15.5. The first-order valence-corrected chi connectivity index (χ1v) is 11.2. The number of carbonyl (C=O) groups excluding carboxylic acids is 4. The third-order valence-corrected chi connectivity index (χ3v) is 6.25. The number of hydrogen-bond donors (Lipinski definition) is 1. The molecule has 1 aliphatic carbocycles. The van der Waals surface area contributed by atoms with E-state index in [9.17, 15) is 19.2 Å². The molecule has 3 atom stereocenters. The van der Waals surface area contributed by atoms with Gasteiger partial charge in [0.15, 0.2) is 6.61 Å². The molecule has 0 spiro atoms. The van der Waals surface area contributed by atoms with E-state index in [1.54, 1.807) is 18.2 Å². The van der Waals surface area contributed by atoms with E-state index in [0.29, 0.717) is 29.3 Å². The molecule has 0 aromatic heterocycles. The third-order valence-electron chi connectivity index (χ3n) is 6.25. The van der Waals surface area contributed by atoms with Crippen LogP contribution in [-0.2, 0) is 19.1 Å². The minimum atomic E-state index is -0.709. The first-order valence-electron chi connectivity index (χ1n) is 11.2. The van der Waals surface area contributed by atoms with Gasteiger partial charge in [-0.05, 0) is 48.7 Å². The lowest BCUT2D eigenvalue weighted by Gasteiger charge is -2.22. The average molecular weight is 479 g/mol. The highest BCUT2D eigenvalue weighted by atomic mass is 16.5. The van der Waals surface area contributed by atoms with Gasteiger partial charge in [-0.3, -0.25) is 19.3 Å². The van der Waals surface area contributed by atoms with E-state index in [2.05, 4.69) is 5.32 Å². The smallest absolute Gasteiger partial charge is 0.338 e. The Hall–Kier alpha value is -4.14.